The maximum absolute atomic E-state index is 13.1. The number of nitrogens with zero attached hydrogens (tertiary/aromatic N) is 2. The quantitative estimate of drug-likeness (QED) is 0.497. The van der Waals surface area contributed by atoms with Gasteiger partial charge in [0.15, 0.2) is 5.84 Å². The maximum atomic E-state index is 13.1. The van der Waals surface area contributed by atoms with E-state index in [1.54, 1.807) is 0 Å². The number of ether oxygens (including phenoxy) is 1. The summed E-state index contributed by atoms with van der Waals surface area (Å²) in [6, 6.07) is 14.9. The second-order valence-electron chi connectivity index (χ2n) is 5.21. The van der Waals surface area contributed by atoms with Gasteiger partial charge in [-0.05, 0) is 36.4 Å². The lowest BCUT2D eigenvalue weighted by molar-refractivity contribution is 0.0659. The third-order valence-corrected chi connectivity index (χ3v) is 3.61. The molecular weight excluding hydrogens is 295 g/mol. The average molecular weight is 312 g/mol. The standard InChI is InChI=1S/C18H17FN2O2/c19-15-8-6-14(7-9-15)17(22)18(21-10-12-23-13-11-21)20-16-4-2-1-3-5-16/h1-9H,10-13H2. The van der Waals surface area contributed by atoms with Crippen molar-refractivity contribution in [3.05, 3.63) is 66.0 Å². The summed E-state index contributed by atoms with van der Waals surface area (Å²) >= 11 is 0. The second kappa shape index (κ2) is 7.15. The number of Topliss-reactive ketones (excluding diaryl/α,β-unsaturated/α-hetero) is 1. The van der Waals surface area contributed by atoms with Gasteiger partial charge in [-0.3, -0.25) is 4.79 Å². The predicted molar refractivity (Wildman–Crippen MR) is 86.7 cm³/mol. The zero-order chi connectivity index (χ0) is 16.1. The van der Waals surface area contributed by atoms with Gasteiger partial charge in [0.2, 0.25) is 5.78 Å². The van der Waals surface area contributed by atoms with Crippen LogP contribution in [0.5, 0.6) is 0 Å². The average Bonchev–Trinajstić information content (AvgIpc) is 2.61. The van der Waals surface area contributed by atoms with Gasteiger partial charge in [0.25, 0.3) is 0 Å². The van der Waals surface area contributed by atoms with Gasteiger partial charge in [-0.2, -0.15) is 0 Å². The van der Waals surface area contributed by atoms with Crippen LogP contribution >= 0.6 is 0 Å². The molecule has 118 valence electrons. The van der Waals surface area contributed by atoms with Crippen molar-refractivity contribution in [2.45, 2.75) is 0 Å². The zero-order valence-electron chi connectivity index (χ0n) is 12.6. The van der Waals surface area contributed by atoms with E-state index in [0.717, 1.165) is 0 Å². The number of morpholine rings is 1. The fourth-order valence-electron chi connectivity index (χ4n) is 2.40. The van der Waals surface area contributed by atoms with Crippen LogP contribution in [0, 0.1) is 5.82 Å². The van der Waals surface area contributed by atoms with Crippen LogP contribution in [-0.2, 0) is 4.74 Å². The van der Waals surface area contributed by atoms with Gasteiger partial charge in [-0.15, -0.1) is 0 Å². The highest BCUT2D eigenvalue weighted by molar-refractivity contribution is 6.45. The highest BCUT2D eigenvalue weighted by Gasteiger charge is 2.23. The van der Waals surface area contributed by atoms with Crippen LogP contribution in [0.3, 0.4) is 0 Å². The van der Waals surface area contributed by atoms with E-state index in [2.05, 4.69) is 4.99 Å². The Kier molecular flexibility index (Phi) is 4.78. The van der Waals surface area contributed by atoms with Crippen LogP contribution in [0.4, 0.5) is 10.1 Å². The molecule has 5 heteroatoms. The molecule has 0 aliphatic carbocycles. The third-order valence-electron chi connectivity index (χ3n) is 3.61. The van der Waals surface area contributed by atoms with Crippen molar-refractivity contribution >= 4 is 17.3 Å². The first-order valence-electron chi connectivity index (χ1n) is 7.51. The van der Waals surface area contributed by atoms with Crippen LogP contribution in [0.2, 0.25) is 0 Å². The summed E-state index contributed by atoms with van der Waals surface area (Å²) in [4.78, 5) is 19.3. The molecule has 1 aliphatic heterocycles. The molecule has 2 aromatic rings. The van der Waals surface area contributed by atoms with Crippen molar-refractivity contribution in [2.75, 3.05) is 26.3 Å². The summed E-state index contributed by atoms with van der Waals surface area (Å²) in [7, 11) is 0. The number of rotatable bonds is 3. The Morgan fingerprint density at radius 2 is 1.65 bits per heavy atom. The van der Waals surface area contributed by atoms with Gasteiger partial charge in [0.1, 0.15) is 5.82 Å². The molecular formula is C18H17FN2O2. The Morgan fingerprint density at radius 1 is 1.00 bits per heavy atom. The number of amidine groups is 1. The first-order chi connectivity index (χ1) is 11.2. The minimum atomic E-state index is -0.366. The number of halogens is 1. The molecule has 0 atom stereocenters. The molecule has 1 fully saturated rings. The number of benzene rings is 2. The van der Waals surface area contributed by atoms with E-state index in [4.69, 9.17) is 4.74 Å². The van der Waals surface area contributed by atoms with Gasteiger partial charge in [-0.1, -0.05) is 18.2 Å². The highest BCUT2D eigenvalue weighted by Crippen LogP contribution is 2.15. The first kappa shape index (κ1) is 15.4. The lowest BCUT2D eigenvalue weighted by Gasteiger charge is -2.29. The number of carbonyl (C=O) groups is 1. The molecule has 2 aromatic carbocycles. The Balaban J connectivity index is 1.95. The molecule has 0 N–H and O–H groups in total. The van der Waals surface area contributed by atoms with Crippen molar-refractivity contribution in [3.8, 4) is 0 Å². The molecule has 3 rings (SSSR count). The topological polar surface area (TPSA) is 41.9 Å². The summed E-state index contributed by atoms with van der Waals surface area (Å²) in [6.07, 6.45) is 0. The fraction of sp³-hybridized carbons (Fsp3) is 0.222. The van der Waals surface area contributed by atoms with E-state index in [1.807, 2.05) is 35.2 Å². The minimum absolute atomic E-state index is 0.212. The number of carbonyl (C=O) groups excluding carboxylic acids is 1. The van der Waals surface area contributed by atoms with Crippen LogP contribution in [-0.4, -0.2) is 42.8 Å². The van der Waals surface area contributed by atoms with E-state index in [9.17, 15) is 9.18 Å². The van der Waals surface area contributed by atoms with Crippen molar-refractivity contribution in [3.63, 3.8) is 0 Å². The molecule has 0 saturated carbocycles. The van der Waals surface area contributed by atoms with Crippen molar-refractivity contribution in [1.82, 2.24) is 4.90 Å². The number of hydrogen-bond donors (Lipinski definition) is 0. The molecule has 0 bridgehead atoms. The van der Waals surface area contributed by atoms with Gasteiger partial charge < -0.3 is 9.64 Å². The monoisotopic (exact) mass is 312 g/mol. The lowest BCUT2D eigenvalue weighted by atomic mass is 10.1. The zero-order valence-corrected chi connectivity index (χ0v) is 12.6. The molecule has 1 aliphatic rings. The Bertz CT molecular complexity index is 693. The predicted octanol–water partition coefficient (Wildman–Crippen LogP) is 3.07. The van der Waals surface area contributed by atoms with Gasteiger partial charge >= 0.3 is 0 Å². The Hall–Kier alpha value is -2.53. The van der Waals surface area contributed by atoms with E-state index >= 15 is 0 Å². The van der Waals surface area contributed by atoms with E-state index in [0.29, 0.717) is 43.4 Å². The van der Waals surface area contributed by atoms with Crippen molar-refractivity contribution in [2.24, 2.45) is 4.99 Å². The molecule has 0 aromatic heterocycles. The third kappa shape index (κ3) is 3.81. The summed E-state index contributed by atoms with van der Waals surface area (Å²) in [5.41, 5.74) is 1.14. The Morgan fingerprint density at radius 3 is 2.30 bits per heavy atom. The molecule has 4 nitrogen and oxygen atoms in total. The first-order valence-corrected chi connectivity index (χ1v) is 7.51. The molecule has 0 radical (unpaired) electrons. The van der Waals surface area contributed by atoms with Crippen LogP contribution in [0.1, 0.15) is 10.4 Å². The second-order valence-corrected chi connectivity index (χ2v) is 5.21. The SMILES string of the molecule is O=C(C(=Nc1ccccc1)N1CCOCC1)c1ccc(F)cc1. The maximum Gasteiger partial charge on any atom is 0.228 e. The largest absolute Gasteiger partial charge is 0.378 e. The normalized spacial score (nSPS) is 15.5. The number of para-hydroxylation sites is 1. The summed E-state index contributed by atoms with van der Waals surface area (Å²) in [5.74, 6) is -0.212. The summed E-state index contributed by atoms with van der Waals surface area (Å²) in [5, 5.41) is 0. The van der Waals surface area contributed by atoms with Gasteiger partial charge in [-0.25, -0.2) is 9.38 Å². The van der Waals surface area contributed by atoms with Gasteiger partial charge in [0, 0.05) is 18.7 Å². The van der Waals surface area contributed by atoms with Crippen LogP contribution < -0.4 is 0 Å². The Labute approximate surface area is 134 Å². The van der Waals surface area contributed by atoms with Crippen LogP contribution in [0.25, 0.3) is 0 Å². The molecule has 0 spiro atoms. The minimum Gasteiger partial charge on any atom is -0.378 e. The van der Waals surface area contributed by atoms with E-state index in [1.165, 1.54) is 24.3 Å². The summed E-state index contributed by atoms with van der Waals surface area (Å²) in [6.45, 7) is 2.34. The lowest BCUT2D eigenvalue weighted by Crippen LogP contribution is -2.44. The molecule has 1 saturated heterocycles. The van der Waals surface area contributed by atoms with Crippen molar-refractivity contribution < 1.29 is 13.9 Å². The van der Waals surface area contributed by atoms with Crippen molar-refractivity contribution in [1.29, 1.82) is 0 Å². The fourth-order valence-corrected chi connectivity index (χ4v) is 2.40. The molecule has 0 unspecified atom stereocenters. The molecule has 1 heterocycles. The van der Waals surface area contributed by atoms with E-state index < -0.39 is 0 Å². The molecule has 0 amide bonds. The smallest absolute Gasteiger partial charge is 0.228 e. The van der Waals surface area contributed by atoms with E-state index in [-0.39, 0.29) is 11.6 Å². The highest BCUT2D eigenvalue weighted by atomic mass is 19.1. The molecule has 23 heavy (non-hydrogen) atoms. The summed E-state index contributed by atoms with van der Waals surface area (Å²) < 4.78 is 18.4. The number of aliphatic imine (C=N–C) groups is 1. The van der Waals surface area contributed by atoms with Gasteiger partial charge in [0.05, 0.1) is 18.9 Å². The van der Waals surface area contributed by atoms with Crippen LogP contribution in [0.15, 0.2) is 59.6 Å². The number of ketones is 1. The number of hydrogen-bond acceptors (Lipinski definition) is 3.